The average molecular weight is 301 g/mol. The van der Waals surface area contributed by atoms with Crippen molar-refractivity contribution in [2.45, 2.75) is 58.5 Å². The normalized spacial score (nSPS) is 27.6. The molecule has 4 atom stereocenters. The van der Waals surface area contributed by atoms with Crippen LogP contribution < -0.4 is 5.32 Å². The number of ether oxygens (including phenoxy) is 3. The molecule has 0 aromatic carbocycles. The average Bonchev–Trinajstić information content (AvgIpc) is 2.55. The highest BCUT2D eigenvalue weighted by molar-refractivity contribution is 5.74. The van der Waals surface area contributed by atoms with Crippen LogP contribution in [0.5, 0.6) is 0 Å². The second-order valence-electron chi connectivity index (χ2n) is 4.84. The maximum atomic E-state index is 11.2. The zero-order valence-electron chi connectivity index (χ0n) is 12.4. The topological polar surface area (TPSA) is 108 Å². The van der Waals surface area contributed by atoms with Gasteiger partial charge in [0.2, 0.25) is 5.91 Å². The Morgan fingerprint density at radius 2 is 1.29 bits per heavy atom. The molecular formula is C13H19NO7. The predicted molar refractivity (Wildman–Crippen MR) is 68.9 cm³/mol. The van der Waals surface area contributed by atoms with Gasteiger partial charge in [-0.3, -0.25) is 19.2 Å². The van der Waals surface area contributed by atoms with Gasteiger partial charge >= 0.3 is 17.9 Å². The van der Waals surface area contributed by atoms with Crippen molar-refractivity contribution in [1.82, 2.24) is 5.32 Å². The van der Waals surface area contributed by atoms with E-state index in [1.165, 1.54) is 27.7 Å². The molecule has 8 heteroatoms. The zero-order valence-corrected chi connectivity index (χ0v) is 12.4. The summed E-state index contributed by atoms with van der Waals surface area (Å²) in [4.78, 5) is 44.8. The smallest absolute Gasteiger partial charge is 0.303 e. The van der Waals surface area contributed by atoms with Gasteiger partial charge in [-0.1, -0.05) is 0 Å². The minimum atomic E-state index is -0.952. The monoisotopic (exact) mass is 301 g/mol. The van der Waals surface area contributed by atoms with Crippen molar-refractivity contribution < 1.29 is 33.4 Å². The lowest BCUT2D eigenvalue weighted by Crippen LogP contribution is -2.46. The summed E-state index contributed by atoms with van der Waals surface area (Å²) in [5.74, 6) is -2.07. The number of carbonyl (C=O) groups excluding carboxylic acids is 4. The fraction of sp³-hybridized carbons (Fsp3) is 0.692. The quantitative estimate of drug-likeness (QED) is 0.560. The van der Waals surface area contributed by atoms with Gasteiger partial charge in [-0.2, -0.15) is 0 Å². The van der Waals surface area contributed by atoms with E-state index >= 15 is 0 Å². The summed E-state index contributed by atoms with van der Waals surface area (Å²) in [5.41, 5.74) is 0. The van der Waals surface area contributed by atoms with Crippen LogP contribution in [0.4, 0.5) is 0 Å². The first-order valence-corrected chi connectivity index (χ1v) is 6.49. The molecule has 0 radical (unpaired) electrons. The molecule has 21 heavy (non-hydrogen) atoms. The zero-order chi connectivity index (χ0) is 16.2. The molecule has 0 saturated heterocycles. The van der Waals surface area contributed by atoms with E-state index in [1.54, 1.807) is 0 Å². The number of amides is 1. The van der Waals surface area contributed by atoms with E-state index in [9.17, 15) is 19.2 Å². The summed E-state index contributed by atoms with van der Waals surface area (Å²) < 4.78 is 15.3. The second kappa shape index (κ2) is 7.05. The van der Waals surface area contributed by atoms with Gasteiger partial charge in [0.05, 0.1) is 6.04 Å². The summed E-state index contributed by atoms with van der Waals surface area (Å²) in [6.07, 6.45) is -2.45. The van der Waals surface area contributed by atoms with Crippen molar-refractivity contribution in [3.05, 3.63) is 0 Å². The first-order valence-electron chi connectivity index (χ1n) is 6.49. The van der Waals surface area contributed by atoms with Gasteiger partial charge in [-0.05, 0) is 0 Å². The Hall–Kier alpha value is -2.12. The van der Waals surface area contributed by atoms with Gasteiger partial charge < -0.3 is 19.5 Å². The minimum absolute atomic E-state index is 0.190. The van der Waals surface area contributed by atoms with Crippen molar-refractivity contribution in [3.63, 3.8) is 0 Å². The number of hydrogen-bond donors (Lipinski definition) is 1. The van der Waals surface area contributed by atoms with Crippen molar-refractivity contribution >= 4 is 23.8 Å². The molecule has 1 rings (SSSR count). The van der Waals surface area contributed by atoms with E-state index in [4.69, 9.17) is 14.2 Å². The molecule has 8 nitrogen and oxygen atoms in total. The van der Waals surface area contributed by atoms with Crippen LogP contribution in [-0.4, -0.2) is 48.2 Å². The molecule has 0 aliphatic heterocycles. The Morgan fingerprint density at radius 1 is 0.810 bits per heavy atom. The number of rotatable bonds is 4. The van der Waals surface area contributed by atoms with Crippen LogP contribution in [0.25, 0.3) is 0 Å². The third-order valence-electron chi connectivity index (χ3n) is 2.88. The molecule has 0 spiro atoms. The number of hydrogen-bond acceptors (Lipinski definition) is 7. The molecule has 0 heterocycles. The molecule has 0 aromatic heterocycles. The number of nitrogens with one attached hydrogen (secondary N) is 1. The van der Waals surface area contributed by atoms with Gasteiger partial charge in [-0.15, -0.1) is 0 Å². The summed E-state index contributed by atoms with van der Waals surface area (Å²) >= 11 is 0. The van der Waals surface area contributed by atoms with Crippen LogP contribution in [0.3, 0.4) is 0 Å². The maximum Gasteiger partial charge on any atom is 0.303 e. The highest BCUT2D eigenvalue weighted by atomic mass is 16.6. The SMILES string of the molecule is CC(=O)N[C@@H]1C[C@@H](OC(C)=O)[C@H](OC(C)=O)[C@H]1OC(C)=O. The van der Waals surface area contributed by atoms with E-state index in [2.05, 4.69) is 5.32 Å². The molecule has 1 N–H and O–H groups in total. The Labute approximate surface area is 122 Å². The second-order valence-corrected chi connectivity index (χ2v) is 4.84. The summed E-state index contributed by atoms with van der Waals surface area (Å²) in [7, 11) is 0. The van der Waals surface area contributed by atoms with Crippen molar-refractivity contribution in [3.8, 4) is 0 Å². The van der Waals surface area contributed by atoms with E-state index in [-0.39, 0.29) is 12.3 Å². The van der Waals surface area contributed by atoms with E-state index in [0.29, 0.717) is 0 Å². The summed E-state index contributed by atoms with van der Waals surface area (Å²) in [5, 5.41) is 2.60. The fourth-order valence-electron chi connectivity index (χ4n) is 2.36. The van der Waals surface area contributed by atoms with Crippen molar-refractivity contribution in [1.29, 1.82) is 0 Å². The Bertz CT molecular complexity index is 408. The van der Waals surface area contributed by atoms with Gasteiger partial charge in [0.15, 0.2) is 12.2 Å². The van der Waals surface area contributed by atoms with Crippen LogP contribution in [0.2, 0.25) is 0 Å². The summed E-state index contributed by atoms with van der Waals surface area (Å²) in [6, 6.07) is -0.597. The first-order chi connectivity index (χ1) is 9.70. The molecule has 1 aliphatic rings. The Morgan fingerprint density at radius 3 is 1.71 bits per heavy atom. The molecular weight excluding hydrogens is 282 g/mol. The van der Waals surface area contributed by atoms with E-state index < -0.39 is 42.3 Å². The molecule has 1 saturated carbocycles. The van der Waals surface area contributed by atoms with Crippen molar-refractivity contribution in [2.24, 2.45) is 0 Å². The van der Waals surface area contributed by atoms with Crippen LogP contribution in [0, 0.1) is 0 Å². The van der Waals surface area contributed by atoms with Crippen LogP contribution in [0.1, 0.15) is 34.1 Å². The van der Waals surface area contributed by atoms with Gasteiger partial charge in [0.25, 0.3) is 0 Å². The molecule has 1 aliphatic carbocycles. The Balaban J connectivity index is 2.99. The Kier molecular flexibility index (Phi) is 5.69. The minimum Gasteiger partial charge on any atom is -0.458 e. The van der Waals surface area contributed by atoms with Gasteiger partial charge in [0.1, 0.15) is 6.10 Å². The molecule has 0 bridgehead atoms. The van der Waals surface area contributed by atoms with Crippen molar-refractivity contribution in [2.75, 3.05) is 0 Å². The van der Waals surface area contributed by atoms with Gasteiger partial charge in [0, 0.05) is 34.1 Å². The van der Waals surface area contributed by atoms with E-state index in [1.807, 2.05) is 0 Å². The molecule has 0 aromatic rings. The lowest BCUT2D eigenvalue weighted by Gasteiger charge is -2.25. The summed E-state index contributed by atoms with van der Waals surface area (Å²) in [6.45, 7) is 4.93. The molecule has 1 amide bonds. The molecule has 118 valence electrons. The van der Waals surface area contributed by atoms with Crippen LogP contribution in [-0.2, 0) is 33.4 Å². The third kappa shape index (κ3) is 5.05. The van der Waals surface area contributed by atoms with Crippen LogP contribution >= 0.6 is 0 Å². The third-order valence-corrected chi connectivity index (χ3v) is 2.88. The highest BCUT2D eigenvalue weighted by Crippen LogP contribution is 2.29. The number of carbonyl (C=O) groups is 4. The first kappa shape index (κ1) is 16.9. The predicted octanol–water partition coefficient (Wildman–Crippen LogP) is -0.310. The van der Waals surface area contributed by atoms with E-state index in [0.717, 1.165) is 0 Å². The molecule has 0 unspecified atom stereocenters. The lowest BCUT2D eigenvalue weighted by molar-refractivity contribution is -0.175. The maximum absolute atomic E-state index is 11.2. The lowest BCUT2D eigenvalue weighted by atomic mass is 10.2. The largest absolute Gasteiger partial charge is 0.458 e. The standard InChI is InChI=1S/C13H19NO7/c1-6(15)14-10-5-11(19-7(2)16)13(21-9(4)18)12(10)20-8(3)17/h10-13H,5H2,1-4H3,(H,14,15)/t10-,11-,12+,13+/m1/s1. The highest BCUT2D eigenvalue weighted by Gasteiger charge is 2.50. The fourth-order valence-corrected chi connectivity index (χ4v) is 2.36. The molecule has 1 fully saturated rings. The number of esters is 3. The van der Waals surface area contributed by atoms with Gasteiger partial charge in [-0.25, -0.2) is 0 Å². The van der Waals surface area contributed by atoms with Crippen LogP contribution in [0.15, 0.2) is 0 Å².